The maximum atomic E-state index is 11.2. The number of benzene rings is 1. The Bertz CT molecular complexity index is 526. The van der Waals surface area contributed by atoms with Gasteiger partial charge in [-0.05, 0) is 36.5 Å². The van der Waals surface area contributed by atoms with E-state index in [1.807, 2.05) is 18.2 Å². The van der Waals surface area contributed by atoms with Gasteiger partial charge in [0.15, 0.2) is 6.61 Å². The molecule has 1 aromatic carbocycles. The first-order valence-electron chi connectivity index (χ1n) is 5.92. The maximum absolute atomic E-state index is 11.2. The Morgan fingerprint density at radius 3 is 3.06 bits per heavy atom. The molecule has 5 heteroatoms. The van der Waals surface area contributed by atoms with Crippen LogP contribution in [0.5, 0.6) is 5.75 Å². The summed E-state index contributed by atoms with van der Waals surface area (Å²) in [6, 6.07) is 5.61. The Hall–Kier alpha value is -2.04. The van der Waals surface area contributed by atoms with Crippen molar-refractivity contribution in [2.75, 3.05) is 11.9 Å². The number of rotatable bonds is 3. The Morgan fingerprint density at radius 2 is 2.33 bits per heavy atom. The zero-order valence-electron chi connectivity index (χ0n) is 9.68. The van der Waals surface area contributed by atoms with Crippen LogP contribution < -0.4 is 10.1 Å². The summed E-state index contributed by atoms with van der Waals surface area (Å²) in [4.78, 5) is 22.0. The van der Waals surface area contributed by atoms with Gasteiger partial charge in [-0.1, -0.05) is 6.07 Å². The first-order chi connectivity index (χ1) is 8.63. The Labute approximate surface area is 104 Å². The van der Waals surface area contributed by atoms with E-state index >= 15 is 0 Å². The van der Waals surface area contributed by atoms with Crippen molar-refractivity contribution in [1.29, 1.82) is 0 Å². The lowest BCUT2D eigenvalue weighted by atomic mass is 10.1. The number of carbonyl (C=O) groups is 2. The fourth-order valence-electron chi connectivity index (χ4n) is 2.34. The second-order valence-corrected chi connectivity index (χ2v) is 4.81. The van der Waals surface area contributed by atoms with Crippen molar-refractivity contribution in [3.8, 4) is 5.75 Å². The van der Waals surface area contributed by atoms with Crippen molar-refractivity contribution in [2.45, 2.75) is 12.8 Å². The lowest BCUT2D eigenvalue weighted by molar-refractivity contribution is -0.138. The second-order valence-electron chi connectivity index (χ2n) is 4.81. The van der Waals surface area contributed by atoms with E-state index < -0.39 is 5.97 Å². The summed E-state index contributed by atoms with van der Waals surface area (Å²) in [6.07, 6.45) is 1.48. The maximum Gasteiger partial charge on any atom is 0.306 e. The summed E-state index contributed by atoms with van der Waals surface area (Å²) < 4.78 is 5.26. The highest BCUT2D eigenvalue weighted by Gasteiger charge is 2.42. The average molecular weight is 247 g/mol. The summed E-state index contributed by atoms with van der Waals surface area (Å²) in [6.45, 7) is 0.0516. The fourth-order valence-corrected chi connectivity index (χ4v) is 2.34. The predicted molar refractivity (Wildman–Crippen MR) is 63.5 cm³/mol. The predicted octanol–water partition coefficient (Wildman–Crippen LogP) is 1.28. The summed E-state index contributed by atoms with van der Waals surface area (Å²) in [7, 11) is 0. The van der Waals surface area contributed by atoms with E-state index in [0.29, 0.717) is 11.4 Å². The molecule has 0 spiro atoms. The van der Waals surface area contributed by atoms with Gasteiger partial charge in [-0.25, -0.2) is 0 Å². The van der Waals surface area contributed by atoms with Crippen LogP contribution in [-0.2, 0) is 16.0 Å². The standard InChI is InChI=1S/C13H13NO4/c15-12-6-18-11-2-1-7(4-10(11)14-12)3-8-5-9(8)13(16)17/h1-2,4,8-9H,3,5-6H2,(H,14,15)(H,16,17). The molecule has 0 saturated heterocycles. The Kier molecular flexibility index (Phi) is 2.47. The smallest absolute Gasteiger partial charge is 0.306 e. The van der Waals surface area contributed by atoms with E-state index in [1.165, 1.54) is 0 Å². The first-order valence-corrected chi connectivity index (χ1v) is 5.92. The molecule has 2 atom stereocenters. The number of hydrogen-bond acceptors (Lipinski definition) is 3. The molecule has 2 unspecified atom stereocenters. The van der Waals surface area contributed by atoms with Crippen LogP contribution in [0.25, 0.3) is 0 Å². The fraction of sp³-hybridized carbons (Fsp3) is 0.385. The average Bonchev–Trinajstić information content (AvgIpc) is 3.08. The largest absolute Gasteiger partial charge is 0.482 e. The van der Waals surface area contributed by atoms with Crippen LogP contribution in [0.4, 0.5) is 5.69 Å². The van der Waals surface area contributed by atoms with Gasteiger partial charge in [0.2, 0.25) is 0 Å². The minimum Gasteiger partial charge on any atom is -0.482 e. The normalized spacial score (nSPS) is 24.8. The third-order valence-corrected chi connectivity index (χ3v) is 3.41. The lowest BCUT2D eigenvalue weighted by Gasteiger charge is -2.18. The minimum atomic E-state index is -0.713. The van der Waals surface area contributed by atoms with Crippen molar-refractivity contribution in [2.24, 2.45) is 11.8 Å². The van der Waals surface area contributed by atoms with Gasteiger partial charge in [0.1, 0.15) is 5.75 Å². The van der Waals surface area contributed by atoms with Gasteiger partial charge in [-0.2, -0.15) is 0 Å². The molecule has 0 bridgehead atoms. The van der Waals surface area contributed by atoms with Crippen LogP contribution in [0.15, 0.2) is 18.2 Å². The Balaban J connectivity index is 1.73. The molecule has 1 amide bonds. The van der Waals surface area contributed by atoms with Gasteiger partial charge in [-0.15, -0.1) is 0 Å². The topological polar surface area (TPSA) is 75.6 Å². The van der Waals surface area contributed by atoms with Crippen molar-refractivity contribution >= 4 is 17.6 Å². The third-order valence-electron chi connectivity index (χ3n) is 3.41. The van der Waals surface area contributed by atoms with Gasteiger partial charge >= 0.3 is 5.97 Å². The van der Waals surface area contributed by atoms with Crippen molar-refractivity contribution in [1.82, 2.24) is 0 Å². The number of carbonyl (C=O) groups excluding carboxylic acids is 1. The van der Waals surface area contributed by atoms with Crippen molar-refractivity contribution in [3.63, 3.8) is 0 Å². The van der Waals surface area contributed by atoms with Crippen LogP contribution in [0, 0.1) is 11.8 Å². The van der Waals surface area contributed by atoms with E-state index in [4.69, 9.17) is 9.84 Å². The first kappa shape index (κ1) is 11.1. The molecular formula is C13H13NO4. The van der Waals surface area contributed by atoms with Gasteiger partial charge < -0.3 is 15.2 Å². The molecule has 5 nitrogen and oxygen atoms in total. The minimum absolute atomic E-state index is 0.0516. The van der Waals surface area contributed by atoms with E-state index in [-0.39, 0.29) is 24.3 Å². The summed E-state index contributed by atoms with van der Waals surface area (Å²) in [5.41, 5.74) is 1.71. The lowest BCUT2D eigenvalue weighted by Crippen LogP contribution is -2.25. The number of nitrogens with one attached hydrogen (secondary N) is 1. The molecular weight excluding hydrogens is 234 g/mol. The molecule has 1 heterocycles. The number of hydrogen-bond donors (Lipinski definition) is 2. The molecule has 94 valence electrons. The molecule has 0 aromatic heterocycles. The van der Waals surface area contributed by atoms with Crippen LogP contribution in [0.3, 0.4) is 0 Å². The highest BCUT2D eigenvalue weighted by atomic mass is 16.5. The van der Waals surface area contributed by atoms with E-state index in [9.17, 15) is 9.59 Å². The number of ether oxygens (including phenoxy) is 1. The summed E-state index contributed by atoms with van der Waals surface area (Å²) in [5.74, 6) is -0.180. The highest BCUT2D eigenvalue weighted by Crippen LogP contribution is 2.42. The molecule has 0 radical (unpaired) electrons. The number of amides is 1. The van der Waals surface area contributed by atoms with Crippen molar-refractivity contribution < 1.29 is 19.4 Å². The number of aliphatic carboxylic acids is 1. The van der Waals surface area contributed by atoms with Crippen LogP contribution in [0.1, 0.15) is 12.0 Å². The monoisotopic (exact) mass is 247 g/mol. The summed E-state index contributed by atoms with van der Waals surface area (Å²) in [5, 5.41) is 11.6. The third kappa shape index (κ3) is 2.03. The number of fused-ring (bicyclic) bond motifs is 1. The highest BCUT2D eigenvalue weighted by molar-refractivity contribution is 5.95. The van der Waals surface area contributed by atoms with Gasteiger partial charge in [0.05, 0.1) is 11.6 Å². The summed E-state index contributed by atoms with van der Waals surface area (Å²) >= 11 is 0. The molecule has 1 aliphatic carbocycles. The molecule has 1 fully saturated rings. The molecule has 2 N–H and O–H groups in total. The molecule has 3 rings (SSSR count). The van der Waals surface area contributed by atoms with E-state index in [2.05, 4.69) is 5.32 Å². The van der Waals surface area contributed by atoms with Gasteiger partial charge in [-0.3, -0.25) is 9.59 Å². The molecule has 1 aliphatic heterocycles. The Morgan fingerprint density at radius 1 is 1.50 bits per heavy atom. The molecule has 1 saturated carbocycles. The van der Waals surface area contributed by atoms with E-state index in [0.717, 1.165) is 18.4 Å². The van der Waals surface area contributed by atoms with Crippen LogP contribution in [-0.4, -0.2) is 23.6 Å². The second kappa shape index (κ2) is 4.01. The van der Waals surface area contributed by atoms with Crippen molar-refractivity contribution in [3.05, 3.63) is 23.8 Å². The zero-order chi connectivity index (χ0) is 12.7. The SMILES string of the molecule is O=C1COc2ccc(CC3CC3C(=O)O)cc2N1. The number of carboxylic acid groups (broad SMARTS) is 1. The number of anilines is 1. The van der Waals surface area contributed by atoms with Gasteiger partial charge in [0, 0.05) is 0 Å². The van der Waals surface area contributed by atoms with Crippen LogP contribution >= 0.6 is 0 Å². The molecule has 2 aliphatic rings. The number of carboxylic acids is 1. The quantitative estimate of drug-likeness (QED) is 0.843. The molecule has 1 aromatic rings. The van der Waals surface area contributed by atoms with E-state index in [1.54, 1.807) is 0 Å². The zero-order valence-corrected chi connectivity index (χ0v) is 9.68. The van der Waals surface area contributed by atoms with Gasteiger partial charge in [0.25, 0.3) is 5.91 Å². The molecule has 18 heavy (non-hydrogen) atoms. The van der Waals surface area contributed by atoms with Crippen LogP contribution in [0.2, 0.25) is 0 Å².